The maximum Gasteiger partial charge on any atom is 0.183 e. The Balaban J connectivity index is 2.05. The number of carbonyl (C=O) groups is 1. The lowest BCUT2D eigenvalue weighted by molar-refractivity contribution is 0.0967. The van der Waals surface area contributed by atoms with Crippen molar-refractivity contribution in [3.05, 3.63) is 41.7 Å². The van der Waals surface area contributed by atoms with Crippen molar-refractivity contribution in [2.24, 2.45) is 0 Å². The number of aryl methyl sites for hydroxylation is 1. The van der Waals surface area contributed by atoms with Gasteiger partial charge in [0.1, 0.15) is 11.4 Å². The van der Waals surface area contributed by atoms with Crippen molar-refractivity contribution < 1.29 is 9.90 Å². The second-order valence-electron chi connectivity index (χ2n) is 4.24. The Morgan fingerprint density at radius 3 is 2.65 bits per heavy atom. The molecule has 0 radical (unpaired) electrons. The van der Waals surface area contributed by atoms with Gasteiger partial charge in [0.05, 0.1) is 5.69 Å². The van der Waals surface area contributed by atoms with E-state index >= 15 is 0 Å². The van der Waals surface area contributed by atoms with E-state index in [1.807, 2.05) is 6.20 Å². The fraction of sp³-hybridized carbons (Fsp3) is 0.231. The van der Waals surface area contributed by atoms with E-state index in [4.69, 9.17) is 0 Å². The van der Waals surface area contributed by atoms with E-state index in [0.717, 1.165) is 24.1 Å². The third kappa shape index (κ3) is 1.71. The maximum atomic E-state index is 11.7. The van der Waals surface area contributed by atoms with Crippen LogP contribution in [0.3, 0.4) is 0 Å². The van der Waals surface area contributed by atoms with Crippen molar-refractivity contribution in [3.8, 4) is 11.4 Å². The van der Waals surface area contributed by atoms with E-state index < -0.39 is 0 Å². The summed E-state index contributed by atoms with van der Waals surface area (Å²) < 4.78 is 1.70. The second-order valence-corrected chi connectivity index (χ2v) is 4.24. The van der Waals surface area contributed by atoms with Gasteiger partial charge >= 0.3 is 0 Å². The molecule has 2 aromatic rings. The molecule has 0 fully saturated rings. The summed E-state index contributed by atoms with van der Waals surface area (Å²) in [5.74, 6) is 0.352. The fourth-order valence-corrected chi connectivity index (χ4v) is 2.12. The van der Waals surface area contributed by atoms with Gasteiger partial charge in [0.25, 0.3) is 0 Å². The summed E-state index contributed by atoms with van der Waals surface area (Å²) in [7, 11) is 0. The van der Waals surface area contributed by atoms with Crippen LogP contribution >= 0.6 is 0 Å². The van der Waals surface area contributed by atoms with E-state index in [-0.39, 0.29) is 11.5 Å². The molecule has 0 unspecified atom stereocenters. The van der Waals surface area contributed by atoms with Crippen molar-refractivity contribution in [1.29, 1.82) is 0 Å². The number of hydrogen-bond donors (Lipinski definition) is 1. The molecule has 17 heavy (non-hydrogen) atoms. The molecular formula is C13H12N2O2. The maximum absolute atomic E-state index is 11.7. The van der Waals surface area contributed by atoms with Crippen LogP contribution in [0.1, 0.15) is 28.9 Å². The molecule has 3 rings (SSSR count). The van der Waals surface area contributed by atoms with Crippen molar-refractivity contribution in [1.82, 2.24) is 9.78 Å². The van der Waals surface area contributed by atoms with E-state index in [1.165, 1.54) is 0 Å². The Kier molecular flexibility index (Phi) is 2.21. The zero-order valence-corrected chi connectivity index (χ0v) is 9.26. The molecular weight excluding hydrogens is 216 g/mol. The number of aromatic nitrogens is 2. The number of Topliss-reactive ketones (excluding diaryl/α,β-unsaturated/α-hetero) is 1. The zero-order chi connectivity index (χ0) is 11.8. The number of fused-ring (bicyclic) bond motifs is 1. The SMILES string of the molecule is O=C1CCCc2cn(-c3ccc(O)cc3)nc21. The first-order chi connectivity index (χ1) is 8.24. The average Bonchev–Trinajstić information content (AvgIpc) is 2.75. The van der Waals surface area contributed by atoms with Gasteiger partial charge in [-0.05, 0) is 37.1 Å². The van der Waals surface area contributed by atoms with E-state index in [0.29, 0.717) is 12.1 Å². The summed E-state index contributed by atoms with van der Waals surface area (Å²) in [4.78, 5) is 11.7. The van der Waals surface area contributed by atoms with Crippen molar-refractivity contribution in [2.45, 2.75) is 19.3 Å². The molecule has 1 aliphatic carbocycles. The highest BCUT2D eigenvalue weighted by Gasteiger charge is 2.21. The predicted molar refractivity (Wildman–Crippen MR) is 62.5 cm³/mol. The average molecular weight is 228 g/mol. The van der Waals surface area contributed by atoms with Gasteiger partial charge in [0, 0.05) is 18.2 Å². The van der Waals surface area contributed by atoms with Crippen LogP contribution in [0.4, 0.5) is 0 Å². The minimum Gasteiger partial charge on any atom is -0.508 e. The quantitative estimate of drug-likeness (QED) is 0.813. The number of hydrogen-bond acceptors (Lipinski definition) is 3. The number of aromatic hydroxyl groups is 1. The number of carbonyl (C=O) groups excluding carboxylic acids is 1. The first kappa shape index (κ1) is 10.1. The minimum absolute atomic E-state index is 0.128. The number of nitrogens with zero attached hydrogens (tertiary/aromatic N) is 2. The molecule has 1 aliphatic rings. The lowest BCUT2D eigenvalue weighted by Crippen LogP contribution is -2.09. The molecule has 0 saturated carbocycles. The van der Waals surface area contributed by atoms with Crippen LogP contribution in [0.5, 0.6) is 5.75 Å². The molecule has 0 atom stereocenters. The fourth-order valence-electron chi connectivity index (χ4n) is 2.12. The third-order valence-electron chi connectivity index (χ3n) is 3.02. The normalized spacial score (nSPS) is 14.7. The van der Waals surface area contributed by atoms with Crippen LogP contribution in [0.15, 0.2) is 30.5 Å². The first-order valence-corrected chi connectivity index (χ1v) is 5.65. The Labute approximate surface area is 98.5 Å². The van der Waals surface area contributed by atoms with Crippen molar-refractivity contribution in [3.63, 3.8) is 0 Å². The van der Waals surface area contributed by atoms with Crippen LogP contribution in [-0.2, 0) is 6.42 Å². The first-order valence-electron chi connectivity index (χ1n) is 5.65. The highest BCUT2D eigenvalue weighted by molar-refractivity contribution is 5.96. The lowest BCUT2D eigenvalue weighted by atomic mass is 9.97. The van der Waals surface area contributed by atoms with Crippen LogP contribution in [0.25, 0.3) is 5.69 Å². The predicted octanol–water partition coefficient (Wildman–Crippen LogP) is 2.10. The van der Waals surface area contributed by atoms with Crippen LogP contribution in [-0.4, -0.2) is 20.7 Å². The topological polar surface area (TPSA) is 55.1 Å². The van der Waals surface area contributed by atoms with Crippen molar-refractivity contribution >= 4 is 5.78 Å². The molecule has 4 heteroatoms. The van der Waals surface area contributed by atoms with Gasteiger partial charge in [-0.3, -0.25) is 4.79 Å². The Hall–Kier alpha value is -2.10. The van der Waals surface area contributed by atoms with Crippen LogP contribution < -0.4 is 0 Å². The van der Waals surface area contributed by atoms with Gasteiger partial charge in [0.2, 0.25) is 0 Å². The highest BCUT2D eigenvalue weighted by Crippen LogP contribution is 2.22. The summed E-state index contributed by atoms with van der Waals surface area (Å²) in [6.07, 6.45) is 4.32. The van der Waals surface area contributed by atoms with Crippen LogP contribution in [0, 0.1) is 0 Å². The smallest absolute Gasteiger partial charge is 0.183 e. The Morgan fingerprint density at radius 2 is 1.94 bits per heavy atom. The molecule has 0 aliphatic heterocycles. The van der Waals surface area contributed by atoms with E-state index in [1.54, 1.807) is 28.9 Å². The van der Waals surface area contributed by atoms with Gasteiger partial charge in [0.15, 0.2) is 5.78 Å². The standard InChI is InChI=1S/C13H12N2O2/c16-11-6-4-10(5-7-11)15-8-9-2-1-3-12(17)13(9)14-15/h4-8,16H,1-3H2. The molecule has 1 aromatic heterocycles. The Morgan fingerprint density at radius 1 is 1.18 bits per heavy atom. The largest absolute Gasteiger partial charge is 0.508 e. The summed E-state index contributed by atoms with van der Waals surface area (Å²) in [5, 5.41) is 13.5. The number of benzene rings is 1. The van der Waals surface area contributed by atoms with Crippen LogP contribution in [0.2, 0.25) is 0 Å². The van der Waals surface area contributed by atoms with Crippen molar-refractivity contribution in [2.75, 3.05) is 0 Å². The lowest BCUT2D eigenvalue weighted by Gasteiger charge is -2.05. The minimum atomic E-state index is 0.128. The molecule has 1 aromatic carbocycles. The third-order valence-corrected chi connectivity index (χ3v) is 3.02. The highest BCUT2D eigenvalue weighted by atomic mass is 16.3. The summed E-state index contributed by atoms with van der Waals surface area (Å²) in [6, 6.07) is 6.77. The number of ketones is 1. The Bertz CT molecular complexity index is 570. The zero-order valence-electron chi connectivity index (χ0n) is 9.26. The van der Waals surface area contributed by atoms with Gasteiger partial charge in [-0.15, -0.1) is 0 Å². The second kappa shape index (κ2) is 3.73. The van der Waals surface area contributed by atoms with Gasteiger partial charge in [-0.2, -0.15) is 5.10 Å². The molecule has 4 nitrogen and oxygen atoms in total. The molecule has 1 N–H and O–H groups in total. The summed E-state index contributed by atoms with van der Waals surface area (Å²) >= 11 is 0. The molecule has 0 saturated heterocycles. The molecule has 0 amide bonds. The number of rotatable bonds is 1. The molecule has 86 valence electrons. The molecule has 0 bridgehead atoms. The monoisotopic (exact) mass is 228 g/mol. The summed E-state index contributed by atoms with van der Waals surface area (Å²) in [6.45, 7) is 0. The van der Waals surface area contributed by atoms with Gasteiger partial charge in [-0.25, -0.2) is 4.68 Å². The number of phenolic OH excluding ortho intramolecular Hbond substituents is 1. The molecule has 1 heterocycles. The van der Waals surface area contributed by atoms with Gasteiger partial charge in [-0.1, -0.05) is 0 Å². The van der Waals surface area contributed by atoms with Gasteiger partial charge < -0.3 is 5.11 Å². The van der Waals surface area contributed by atoms with E-state index in [2.05, 4.69) is 5.10 Å². The van der Waals surface area contributed by atoms with E-state index in [9.17, 15) is 9.90 Å². The number of phenols is 1. The molecule has 0 spiro atoms. The summed E-state index contributed by atoms with van der Waals surface area (Å²) in [5.41, 5.74) is 2.48.